The summed E-state index contributed by atoms with van der Waals surface area (Å²) in [4.78, 5) is 0. The predicted molar refractivity (Wildman–Crippen MR) is 51.6 cm³/mol. The van der Waals surface area contributed by atoms with E-state index >= 15 is 0 Å². The lowest BCUT2D eigenvalue weighted by Gasteiger charge is -2.30. The minimum Gasteiger partial charge on any atom is -0.371 e. The van der Waals surface area contributed by atoms with Crippen LogP contribution in [0.15, 0.2) is 0 Å². The molecule has 2 unspecified atom stereocenters. The van der Waals surface area contributed by atoms with E-state index in [1.807, 2.05) is 7.05 Å². The maximum Gasteiger partial charge on any atom is 0.261 e. The SMILES string of the molecule is CNC1C(OCC(F)F)CCC1(C)C. The first-order valence-electron chi connectivity index (χ1n) is 5.04. The summed E-state index contributed by atoms with van der Waals surface area (Å²) < 4.78 is 29.1. The zero-order valence-corrected chi connectivity index (χ0v) is 9.02. The van der Waals surface area contributed by atoms with Gasteiger partial charge in [0.25, 0.3) is 6.43 Å². The molecule has 1 saturated carbocycles. The van der Waals surface area contributed by atoms with E-state index in [1.165, 1.54) is 0 Å². The molecule has 0 heterocycles. The van der Waals surface area contributed by atoms with Gasteiger partial charge in [-0.2, -0.15) is 0 Å². The van der Waals surface area contributed by atoms with Crippen LogP contribution in [-0.2, 0) is 4.74 Å². The quantitative estimate of drug-likeness (QED) is 0.761. The molecule has 1 aliphatic carbocycles. The molecule has 0 saturated heterocycles. The number of nitrogens with one attached hydrogen (secondary N) is 1. The molecule has 1 aliphatic rings. The maximum atomic E-state index is 12.0. The Balaban J connectivity index is 2.46. The zero-order chi connectivity index (χ0) is 10.8. The van der Waals surface area contributed by atoms with Crippen LogP contribution >= 0.6 is 0 Å². The topological polar surface area (TPSA) is 21.3 Å². The average Bonchev–Trinajstić information content (AvgIpc) is 2.37. The van der Waals surface area contributed by atoms with E-state index in [-0.39, 0.29) is 17.6 Å². The van der Waals surface area contributed by atoms with Crippen LogP contribution in [0.5, 0.6) is 0 Å². The highest BCUT2D eigenvalue weighted by Gasteiger charge is 2.41. The van der Waals surface area contributed by atoms with Crippen LogP contribution in [0, 0.1) is 5.41 Å². The maximum absolute atomic E-state index is 12.0. The standard InChI is InChI=1S/C10H19F2NO/c1-10(2)5-4-7(9(10)13-3)14-6-8(11)12/h7-9,13H,4-6H2,1-3H3. The minimum atomic E-state index is -2.36. The number of hydrogen-bond acceptors (Lipinski definition) is 2. The van der Waals surface area contributed by atoms with Gasteiger partial charge in [-0.05, 0) is 25.3 Å². The van der Waals surface area contributed by atoms with Crippen molar-refractivity contribution < 1.29 is 13.5 Å². The van der Waals surface area contributed by atoms with E-state index in [9.17, 15) is 8.78 Å². The van der Waals surface area contributed by atoms with E-state index in [0.717, 1.165) is 12.8 Å². The van der Waals surface area contributed by atoms with Crippen LogP contribution in [0.1, 0.15) is 26.7 Å². The molecule has 0 bridgehead atoms. The van der Waals surface area contributed by atoms with Crippen molar-refractivity contribution in [3.05, 3.63) is 0 Å². The van der Waals surface area contributed by atoms with Gasteiger partial charge < -0.3 is 10.1 Å². The molecule has 2 atom stereocenters. The fourth-order valence-electron chi connectivity index (χ4n) is 2.29. The summed E-state index contributed by atoms with van der Waals surface area (Å²) in [5, 5.41) is 3.16. The van der Waals surface area contributed by atoms with E-state index in [4.69, 9.17) is 4.74 Å². The van der Waals surface area contributed by atoms with Gasteiger partial charge in [-0.1, -0.05) is 13.8 Å². The number of alkyl halides is 2. The van der Waals surface area contributed by atoms with E-state index in [2.05, 4.69) is 19.2 Å². The summed E-state index contributed by atoms with van der Waals surface area (Å²) in [5.41, 5.74) is 0.140. The summed E-state index contributed by atoms with van der Waals surface area (Å²) in [6, 6.07) is 0.182. The van der Waals surface area contributed by atoms with Crippen molar-refractivity contribution in [2.45, 2.75) is 45.3 Å². The molecule has 1 fully saturated rings. The zero-order valence-electron chi connectivity index (χ0n) is 9.02. The van der Waals surface area contributed by atoms with Gasteiger partial charge in [0, 0.05) is 6.04 Å². The third-order valence-corrected chi connectivity index (χ3v) is 3.03. The highest BCUT2D eigenvalue weighted by atomic mass is 19.3. The average molecular weight is 207 g/mol. The second-order valence-corrected chi connectivity index (χ2v) is 4.56. The number of likely N-dealkylation sites (N-methyl/N-ethyl adjacent to an activating group) is 1. The second-order valence-electron chi connectivity index (χ2n) is 4.56. The number of hydrogen-bond donors (Lipinski definition) is 1. The molecule has 0 radical (unpaired) electrons. The van der Waals surface area contributed by atoms with Gasteiger partial charge in [-0.3, -0.25) is 0 Å². The first-order chi connectivity index (χ1) is 6.47. The summed E-state index contributed by atoms with van der Waals surface area (Å²) in [7, 11) is 1.86. The van der Waals surface area contributed by atoms with Crippen LogP contribution in [-0.4, -0.2) is 32.2 Å². The third-order valence-electron chi connectivity index (χ3n) is 3.03. The molecule has 0 spiro atoms. The van der Waals surface area contributed by atoms with Crippen molar-refractivity contribution in [2.75, 3.05) is 13.7 Å². The largest absolute Gasteiger partial charge is 0.371 e. The third kappa shape index (κ3) is 2.64. The van der Waals surface area contributed by atoms with Crippen LogP contribution in [0.3, 0.4) is 0 Å². The van der Waals surface area contributed by atoms with Crippen molar-refractivity contribution in [1.82, 2.24) is 5.32 Å². The van der Waals surface area contributed by atoms with Crippen molar-refractivity contribution in [3.63, 3.8) is 0 Å². The van der Waals surface area contributed by atoms with Gasteiger partial charge in [0.15, 0.2) is 0 Å². The van der Waals surface area contributed by atoms with Crippen LogP contribution < -0.4 is 5.32 Å². The molecule has 0 amide bonds. The number of halogens is 2. The highest BCUT2D eigenvalue weighted by Crippen LogP contribution is 2.38. The molecule has 1 N–H and O–H groups in total. The lowest BCUT2D eigenvalue weighted by Crippen LogP contribution is -2.44. The Hall–Kier alpha value is -0.220. The first-order valence-corrected chi connectivity index (χ1v) is 5.04. The fraction of sp³-hybridized carbons (Fsp3) is 1.00. The molecule has 0 aromatic carbocycles. The van der Waals surface area contributed by atoms with Gasteiger partial charge in [0.1, 0.15) is 6.61 Å². The predicted octanol–water partition coefficient (Wildman–Crippen LogP) is 2.04. The highest BCUT2D eigenvalue weighted by molar-refractivity contribution is 4.96. The molecule has 0 aromatic rings. The monoisotopic (exact) mass is 207 g/mol. The van der Waals surface area contributed by atoms with Gasteiger partial charge in [0.2, 0.25) is 0 Å². The van der Waals surface area contributed by atoms with Crippen molar-refractivity contribution in [3.8, 4) is 0 Å². The second kappa shape index (κ2) is 4.53. The normalized spacial score (nSPS) is 31.3. The smallest absolute Gasteiger partial charge is 0.261 e. The van der Waals surface area contributed by atoms with Crippen molar-refractivity contribution >= 4 is 0 Å². The van der Waals surface area contributed by atoms with E-state index in [0.29, 0.717) is 0 Å². The lowest BCUT2D eigenvalue weighted by atomic mass is 9.87. The Morgan fingerprint density at radius 3 is 2.64 bits per heavy atom. The Labute approximate surface area is 84.0 Å². The minimum absolute atomic E-state index is 0.0657. The van der Waals surface area contributed by atoms with Gasteiger partial charge >= 0.3 is 0 Å². The molecule has 2 nitrogen and oxygen atoms in total. The Morgan fingerprint density at radius 1 is 1.50 bits per heavy atom. The summed E-state index contributed by atoms with van der Waals surface area (Å²) in [6.45, 7) is 3.83. The molecule has 84 valence electrons. The summed E-state index contributed by atoms with van der Waals surface area (Å²) >= 11 is 0. The molecule has 0 aliphatic heterocycles. The Morgan fingerprint density at radius 2 is 2.14 bits per heavy atom. The number of rotatable bonds is 4. The molecule has 1 rings (SSSR count). The Bertz CT molecular complexity index is 185. The van der Waals surface area contributed by atoms with Gasteiger partial charge in [-0.25, -0.2) is 8.78 Å². The van der Waals surface area contributed by atoms with Gasteiger partial charge in [0.05, 0.1) is 6.10 Å². The molecule has 4 heteroatoms. The van der Waals surface area contributed by atoms with Gasteiger partial charge in [-0.15, -0.1) is 0 Å². The summed E-state index contributed by atoms with van der Waals surface area (Å²) in [5.74, 6) is 0. The van der Waals surface area contributed by atoms with Crippen molar-refractivity contribution in [2.24, 2.45) is 5.41 Å². The van der Waals surface area contributed by atoms with Crippen molar-refractivity contribution in [1.29, 1.82) is 0 Å². The van der Waals surface area contributed by atoms with Crippen LogP contribution in [0.25, 0.3) is 0 Å². The van der Waals surface area contributed by atoms with E-state index < -0.39 is 13.0 Å². The lowest BCUT2D eigenvalue weighted by molar-refractivity contribution is -0.0354. The molecular weight excluding hydrogens is 188 g/mol. The molecular formula is C10H19F2NO. The summed E-state index contributed by atoms with van der Waals surface area (Å²) in [6.07, 6.45) is -0.544. The van der Waals surface area contributed by atoms with Crippen LogP contribution in [0.4, 0.5) is 8.78 Å². The van der Waals surface area contributed by atoms with Crippen LogP contribution in [0.2, 0.25) is 0 Å². The van der Waals surface area contributed by atoms with E-state index in [1.54, 1.807) is 0 Å². The number of ether oxygens (including phenoxy) is 1. The molecule has 0 aromatic heterocycles. The first kappa shape index (κ1) is 11.9. The fourth-order valence-corrected chi connectivity index (χ4v) is 2.29. The Kier molecular flexibility index (Phi) is 3.84. The molecule has 14 heavy (non-hydrogen) atoms.